The summed E-state index contributed by atoms with van der Waals surface area (Å²) in [5.74, 6) is 1.44. The van der Waals surface area contributed by atoms with Gasteiger partial charge in [0.1, 0.15) is 12.3 Å². The summed E-state index contributed by atoms with van der Waals surface area (Å²) >= 11 is 0. The van der Waals surface area contributed by atoms with Gasteiger partial charge >= 0.3 is 5.69 Å². The van der Waals surface area contributed by atoms with Crippen LogP contribution in [0.1, 0.15) is 29.8 Å². The molecule has 0 atom stereocenters. The summed E-state index contributed by atoms with van der Waals surface area (Å²) in [6.45, 7) is 2.76. The van der Waals surface area contributed by atoms with E-state index < -0.39 is 0 Å². The number of fused-ring (bicyclic) bond motifs is 2. The van der Waals surface area contributed by atoms with E-state index in [1.165, 1.54) is 10.8 Å². The first-order chi connectivity index (χ1) is 13.2. The summed E-state index contributed by atoms with van der Waals surface area (Å²) in [6, 6.07) is 5.47. The molecule has 3 aromatic heterocycles. The monoisotopic (exact) mass is 368 g/mol. The number of nitrogens with one attached hydrogen (secondary N) is 2. The SMILES string of the molecule is O=C(c1cc2c([nH]1)N(c1ccn3c(=O)[nH]nc3c1)CCO2)N1CCCCC1. The maximum Gasteiger partial charge on any atom is 0.347 e. The van der Waals surface area contributed by atoms with Gasteiger partial charge in [-0.3, -0.25) is 9.20 Å². The van der Waals surface area contributed by atoms with Crippen molar-refractivity contribution in [3.8, 4) is 5.75 Å². The van der Waals surface area contributed by atoms with Crippen molar-refractivity contribution in [2.75, 3.05) is 31.1 Å². The number of nitrogens with zero attached hydrogens (tertiary/aromatic N) is 4. The summed E-state index contributed by atoms with van der Waals surface area (Å²) < 4.78 is 7.21. The average molecular weight is 368 g/mol. The van der Waals surface area contributed by atoms with E-state index in [2.05, 4.69) is 15.2 Å². The smallest absolute Gasteiger partial charge is 0.347 e. The van der Waals surface area contributed by atoms with Crippen molar-refractivity contribution >= 4 is 23.1 Å². The number of ether oxygens (including phenoxy) is 1. The second kappa shape index (κ2) is 6.19. The Kier molecular flexibility index (Phi) is 3.66. The molecular formula is C18H20N6O3. The number of aromatic amines is 2. The van der Waals surface area contributed by atoms with E-state index in [-0.39, 0.29) is 11.6 Å². The normalized spacial score (nSPS) is 17.0. The number of H-pyrrole nitrogens is 2. The highest BCUT2D eigenvalue weighted by atomic mass is 16.5. The average Bonchev–Trinajstić information content (AvgIpc) is 3.31. The molecule has 2 aliphatic heterocycles. The number of likely N-dealkylation sites (tertiary alicyclic amines) is 1. The Balaban J connectivity index is 1.49. The Morgan fingerprint density at radius 3 is 2.85 bits per heavy atom. The molecule has 1 amide bonds. The molecule has 0 spiro atoms. The Labute approximate surface area is 154 Å². The second-order valence-electron chi connectivity index (χ2n) is 6.89. The van der Waals surface area contributed by atoms with Crippen LogP contribution in [0.5, 0.6) is 5.75 Å². The van der Waals surface area contributed by atoms with Gasteiger partial charge in [-0.2, -0.15) is 5.10 Å². The van der Waals surface area contributed by atoms with E-state index in [9.17, 15) is 9.59 Å². The minimum atomic E-state index is -0.270. The highest BCUT2D eigenvalue weighted by Crippen LogP contribution is 2.37. The number of rotatable bonds is 2. The van der Waals surface area contributed by atoms with Crippen LogP contribution in [-0.2, 0) is 0 Å². The molecule has 2 N–H and O–H groups in total. The number of carbonyl (C=O) groups is 1. The van der Waals surface area contributed by atoms with Crippen molar-refractivity contribution < 1.29 is 9.53 Å². The van der Waals surface area contributed by atoms with Crippen molar-refractivity contribution in [3.05, 3.63) is 40.6 Å². The third kappa shape index (κ3) is 2.66. The number of hydrogen-bond acceptors (Lipinski definition) is 5. The summed E-state index contributed by atoms with van der Waals surface area (Å²) in [7, 11) is 0. The van der Waals surface area contributed by atoms with Gasteiger partial charge in [-0.1, -0.05) is 0 Å². The molecule has 2 aliphatic rings. The molecular weight excluding hydrogens is 348 g/mol. The predicted molar refractivity (Wildman–Crippen MR) is 98.9 cm³/mol. The van der Waals surface area contributed by atoms with Crippen LogP contribution in [0, 0.1) is 0 Å². The van der Waals surface area contributed by atoms with Crippen molar-refractivity contribution in [2.24, 2.45) is 0 Å². The molecule has 9 heteroatoms. The van der Waals surface area contributed by atoms with Gasteiger partial charge in [0.15, 0.2) is 17.2 Å². The topological polar surface area (TPSA) is 98.7 Å². The largest absolute Gasteiger partial charge is 0.488 e. The van der Waals surface area contributed by atoms with Gasteiger partial charge in [-0.05, 0) is 25.3 Å². The van der Waals surface area contributed by atoms with Gasteiger partial charge in [0, 0.05) is 37.1 Å². The second-order valence-corrected chi connectivity index (χ2v) is 6.89. The number of piperidine rings is 1. The third-order valence-corrected chi connectivity index (χ3v) is 5.19. The number of hydrogen-bond donors (Lipinski definition) is 2. The molecule has 5 rings (SSSR count). The summed E-state index contributed by atoms with van der Waals surface area (Å²) in [6.07, 6.45) is 4.98. The lowest BCUT2D eigenvalue weighted by Gasteiger charge is -2.28. The van der Waals surface area contributed by atoms with Gasteiger partial charge in [0.25, 0.3) is 5.91 Å². The van der Waals surface area contributed by atoms with Crippen molar-refractivity contribution in [1.29, 1.82) is 0 Å². The molecule has 1 saturated heterocycles. The Bertz CT molecular complexity index is 1060. The van der Waals surface area contributed by atoms with E-state index in [0.717, 1.165) is 37.4 Å². The van der Waals surface area contributed by atoms with E-state index in [1.54, 1.807) is 12.3 Å². The zero-order chi connectivity index (χ0) is 18.4. The molecule has 1 fully saturated rings. The van der Waals surface area contributed by atoms with Gasteiger partial charge in [-0.15, -0.1) is 0 Å². The number of amides is 1. The van der Waals surface area contributed by atoms with Gasteiger partial charge in [-0.25, -0.2) is 9.89 Å². The molecule has 140 valence electrons. The number of aromatic nitrogens is 4. The Morgan fingerprint density at radius 1 is 1.15 bits per heavy atom. The number of carbonyl (C=O) groups excluding carboxylic acids is 1. The lowest BCUT2D eigenvalue weighted by molar-refractivity contribution is 0.0719. The lowest BCUT2D eigenvalue weighted by atomic mass is 10.1. The van der Waals surface area contributed by atoms with E-state index in [1.807, 2.05) is 21.9 Å². The minimum absolute atomic E-state index is 0.0157. The van der Waals surface area contributed by atoms with Crippen LogP contribution >= 0.6 is 0 Å². The number of anilines is 2. The quantitative estimate of drug-likeness (QED) is 0.714. The van der Waals surface area contributed by atoms with Crippen LogP contribution in [0.25, 0.3) is 5.65 Å². The van der Waals surface area contributed by atoms with Gasteiger partial charge in [0.05, 0.1) is 6.54 Å². The first-order valence-corrected chi connectivity index (χ1v) is 9.20. The van der Waals surface area contributed by atoms with Crippen molar-refractivity contribution in [2.45, 2.75) is 19.3 Å². The molecule has 0 unspecified atom stereocenters. The maximum atomic E-state index is 12.8. The van der Waals surface area contributed by atoms with Crippen LogP contribution < -0.4 is 15.3 Å². The summed E-state index contributed by atoms with van der Waals surface area (Å²) in [4.78, 5) is 31.7. The zero-order valence-corrected chi connectivity index (χ0v) is 14.8. The Morgan fingerprint density at radius 2 is 2.00 bits per heavy atom. The molecule has 0 radical (unpaired) electrons. The predicted octanol–water partition coefficient (Wildman–Crippen LogP) is 1.51. The fourth-order valence-electron chi connectivity index (χ4n) is 3.80. The van der Waals surface area contributed by atoms with Crippen LogP contribution in [0.15, 0.2) is 29.2 Å². The third-order valence-electron chi connectivity index (χ3n) is 5.19. The highest BCUT2D eigenvalue weighted by Gasteiger charge is 2.27. The van der Waals surface area contributed by atoms with E-state index in [4.69, 9.17) is 4.74 Å². The number of pyridine rings is 1. The van der Waals surface area contributed by atoms with Crippen LogP contribution in [0.4, 0.5) is 11.5 Å². The molecule has 0 aliphatic carbocycles. The zero-order valence-electron chi connectivity index (χ0n) is 14.8. The van der Waals surface area contributed by atoms with Crippen LogP contribution in [-0.4, -0.2) is 56.6 Å². The highest BCUT2D eigenvalue weighted by molar-refractivity contribution is 5.94. The minimum Gasteiger partial charge on any atom is -0.488 e. The first-order valence-electron chi connectivity index (χ1n) is 9.20. The van der Waals surface area contributed by atoms with Crippen LogP contribution in [0.2, 0.25) is 0 Å². The molecule has 9 nitrogen and oxygen atoms in total. The fraction of sp³-hybridized carbons (Fsp3) is 0.389. The summed E-state index contributed by atoms with van der Waals surface area (Å²) in [5.41, 5.74) is 1.70. The maximum absolute atomic E-state index is 12.8. The van der Waals surface area contributed by atoms with E-state index in [0.29, 0.717) is 30.2 Å². The van der Waals surface area contributed by atoms with Crippen LogP contribution in [0.3, 0.4) is 0 Å². The molecule has 3 aromatic rings. The molecule has 0 bridgehead atoms. The van der Waals surface area contributed by atoms with Crippen molar-refractivity contribution in [1.82, 2.24) is 24.5 Å². The first kappa shape index (κ1) is 16.0. The summed E-state index contributed by atoms with van der Waals surface area (Å²) in [5, 5.41) is 6.46. The van der Waals surface area contributed by atoms with E-state index >= 15 is 0 Å². The fourth-order valence-corrected chi connectivity index (χ4v) is 3.80. The van der Waals surface area contributed by atoms with Gasteiger partial charge < -0.3 is 19.5 Å². The molecule has 5 heterocycles. The lowest BCUT2D eigenvalue weighted by Crippen LogP contribution is -2.35. The Hall–Kier alpha value is -3.23. The van der Waals surface area contributed by atoms with Gasteiger partial charge in [0.2, 0.25) is 0 Å². The molecule has 0 aromatic carbocycles. The molecule has 27 heavy (non-hydrogen) atoms. The van der Waals surface area contributed by atoms with Crippen molar-refractivity contribution in [3.63, 3.8) is 0 Å². The molecule has 0 saturated carbocycles. The standard InChI is InChI=1S/C18H20N6O3/c25-17(22-5-2-1-3-6-22)13-11-14-16(19-13)23(8-9-27-14)12-4-7-24-15(10-12)20-21-18(24)26/h4,7,10-11,19H,1-3,5-6,8-9H2,(H,21,26).